The van der Waals surface area contributed by atoms with Crippen molar-refractivity contribution >= 4 is 15.7 Å². The number of hydrogen-bond donors (Lipinski definition) is 1. The summed E-state index contributed by atoms with van der Waals surface area (Å²) in [6, 6.07) is 14.0. The summed E-state index contributed by atoms with van der Waals surface area (Å²) in [5.41, 5.74) is 1.99. The monoisotopic (exact) mass is 389 g/mol. The van der Waals surface area contributed by atoms with Gasteiger partial charge in [0.25, 0.3) is 5.91 Å². The fourth-order valence-electron chi connectivity index (χ4n) is 2.74. The lowest BCUT2D eigenvalue weighted by atomic mass is 10.0. The second-order valence-corrected chi connectivity index (χ2v) is 8.65. The molecule has 146 valence electrons. The average Bonchev–Trinajstić information content (AvgIpc) is 2.64. The normalized spacial score (nSPS) is 13.6. The zero-order valence-corrected chi connectivity index (χ0v) is 17.0. The molecule has 2 aromatic carbocycles. The van der Waals surface area contributed by atoms with Crippen molar-refractivity contribution in [3.05, 3.63) is 59.7 Å². The number of nitrogens with one attached hydrogen (secondary N) is 1. The van der Waals surface area contributed by atoms with Gasteiger partial charge in [0.2, 0.25) is 0 Å². The molecule has 0 heterocycles. The van der Waals surface area contributed by atoms with Crippen LogP contribution < -0.4 is 10.1 Å². The number of amides is 1. The molecule has 0 bridgehead atoms. The van der Waals surface area contributed by atoms with Crippen LogP contribution in [0.4, 0.5) is 0 Å². The van der Waals surface area contributed by atoms with Crippen molar-refractivity contribution in [1.82, 2.24) is 5.32 Å². The lowest BCUT2D eigenvalue weighted by Gasteiger charge is -2.22. The second-order valence-electron chi connectivity index (χ2n) is 6.64. The van der Waals surface area contributed by atoms with Crippen molar-refractivity contribution in [1.29, 1.82) is 0 Å². The van der Waals surface area contributed by atoms with E-state index in [1.165, 1.54) is 6.26 Å². The van der Waals surface area contributed by atoms with Crippen molar-refractivity contribution in [3.63, 3.8) is 0 Å². The van der Waals surface area contributed by atoms with Crippen LogP contribution in [0.3, 0.4) is 0 Å². The molecule has 0 aliphatic rings. The Bertz CT molecular complexity index is 858. The average molecular weight is 390 g/mol. The predicted molar refractivity (Wildman–Crippen MR) is 107 cm³/mol. The number of sulfone groups is 1. The summed E-state index contributed by atoms with van der Waals surface area (Å²) in [7, 11) is -3.24. The van der Waals surface area contributed by atoms with Gasteiger partial charge in [-0.05, 0) is 49.6 Å². The molecule has 0 radical (unpaired) electrons. The highest BCUT2D eigenvalue weighted by Crippen LogP contribution is 2.20. The number of carbonyl (C=O) groups excluding carboxylic acids is 1. The van der Waals surface area contributed by atoms with Crippen molar-refractivity contribution in [2.24, 2.45) is 0 Å². The van der Waals surface area contributed by atoms with Crippen LogP contribution in [0.15, 0.2) is 53.4 Å². The molecule has 2 aromatic rings. The molecule has 27 heavy (non-hydrogen) atoms. The van der Waals surface area contributed by atoms with E-state index in [1.807, 2.05) is 45.0 Å². The third kappa shape index (κ3) is 5.82. The van der Waals surface area contributed by atoms with Gasteiger partial charge in [-0.15, -0.1) is 0 Å². The minimum absolute atomic E-state index is 0.183. The fourth-order valence-corrected chi connectivity index (χ4v) is 3.37. The van der Waals surface area contributed by atoms with Crippen molar-refractivity contribution in [3.8, 4) is 5.75 Å². The molecule has 0 unspecified atom stereocenters. The van der Waals surface area contributed by atoms with E-state index in [0.29, 0.717) is 18.6 Å². The van der Waals surface area contributed by atoms with Crippen LogP contribution in [-0.2, 0) is 14.6 Å². The van der Waals surface area contributed by atoms with E-state index in [1.54, 1.807) is 24.3 Å². The van der Waals surface area contributed by atoms with Gasteiger partial charge in [-0.2, -0.15) is 0 Å². The topological polar surface area (TPSA) is 72.5 Å². The summed E-state index contributed by atoms with van der Waals surface area (Å²) in [5.74, 6) is 0.477. The molecule has 0 saturated heterocycles. The standard InChI is InChI=1S/C21H27NO4S/c1-5-19(16-9-13-18(14-10-16)27(4,24)25)22-21(23)20(6-2)26-17-11-7-15(3)8-12-17/h7-14,19-20H,5-6H2,1-4H3,(H,22,23)/t19-,20-/m1/s1. The second kappa shape index (κ2) is 9.04. The zero-order valence-electron chi connectivity index (χ0n) is 16.2. The molecular weight excluding hydrogens is 362 g/mol. The Labute approximate surface area is 161 Å². The van der Waals surface area contributed by atoms with Gasteiger partial charge in [-0.1, -0.05) is 43.7 Å². The maximum absolute atomic E-state index is 12.7. The lowest BCUT2D eigenvalue weighted by molar-refractivity contribution is -0.128. The Kier molecular flexibility index (Phi) is 7.02. The number of hydrogen-bond acceptors (Lipinski definition) is 4. The molecule has 0 aromatic heterocycles. The zero-order chi connectivity index (χ0) is 20.0. The van der Waals surface area contributed by atoms with Gasteiger partial charge in [-0.3, -0.25) is 4.79 Å². The van der Waals surface area contributed by atoms with Gasteiger partial charge >= 0.3 is 0 Å². The van der Waals surface area contributed by atoms with Gasteiger partial charge in [-0.25, -0.2) is 8.42 Å². The molecule has 2 rings (SSSR count). The summed E-state index contributed by atoms with van der Waals surface area (Å²) in [4.78, 5) is 12.9. The van der Waals surface area contributed by atoms with Crippen LogP contribution in [0.1, 0.15) is 43.9 Å². The minimum Gasteiger partial charge on any atom is -0.481 e. The molecule has 0 aliphatic heterocycles. The molecule has 1 amide bonds. The Hall–Kier alpha value is -2.34. The molecule has 6 heteroatoms. The van der Waals surface area contributed by atoms with Crippen molar-refractivity contribution in [2.45, 2.75) is 50.7 Å². The summed E-state index contributed by atoms with van der Waals surface area (Å²) in [5, 5.41) is 3.01. The molecule has 1 N–H and O–H groups in total. The largest absolute Gasteiger partial charge is 0.481 e. The lowest BCUT2D eigenvalue weighted by Crippen LogP contribution is -2.39. The Morgan fingerprint density at radius 1 is 1.00 bits per heavy atom. The van der Waals surface area contributed by atoms with Crippen LogP contribution in [0, 0.1) is 6.92 Å². The fraction of sp³-hybridized carbons (Fsp3) is 0.381. The smallest absolute Gasteiger partial charge is 0.261 e. The predicted octanol–water partition coefficient (Wildman–Crippen LogP) is 3.82. The van der Waals surface area contributed by atoms with Crippen LogP contribution in [0.25, 0.3) is 0 Å². The van der Waals surface area contributed by atoms with Gasteiger partial charge < -0.3 is 10.1 Å². The van der Waals surface area contributed by atoms with Gasteiger partial charge in [0, 0.05) is 6.26 Å². The highest BCUT2D eigenvalue weighted by molar-refractivity contribution is 7.90. The van der Waals surface area contributed by atoms with Crippen LogP contribution in [-0.4, -0.2) is 26.7 Å². The van der Waals surface area contributed by atoms with Crippen LogP contribution >= 0.6 is 0 Å². The first-order chi connectivity index (χ1) is 12.7. The summed E-state index contributed by atoms with van der Waals surface area (Å²) in [6.45, 7) is 5.87. The van der Waals surface area contributed by atoms with Crippen LogP contribution in [0.5, 0.6) is 5.75 Å². The molecule has 0 spiro atoms. The van der Waals surface area contributed by atoms with E-state index in [-0.39, 0.29) is 16.8 Å². The van der Waals surface area contributed by atoms with E-state index in [4.69, 9.17) is 4.74 Å². The van der Waals surface area contributed by atoms with E-state index < -0.39 is 15.9 Å². The first-order valence-electron chi connectivity index (χ1n) is 9.08. The molecular formula is C21H27NO4S. The van der Waals surface area contributed by atoms with Crippen molar-refractivity contribution < 1.29 is 17.9 Å². The highest BCUT2D eigenvalue weighted by atomic mass is 32.2. The van der Waals surface area contributed by atoms with Crippen LogP contribution in [0.2, 0.25) is 0 Å². The van der Waals surface area contributed by atoms with E-state index in [2.05, 4.69) is 5.32 Å². The number of carbonyl (C=O) groups is 1. The van der Waals surface area contributed by atoms with Gasteiger partial charge in [0.05, 0.1) is 10.9 Å². The maximum atomic E-state index is 12.7. The maximum Gasteiger partial charge on any atom is 0.261 e. The number of ether oxygens (including phenoxy) is 1. The van der Waals surface area contributed by atoms with Crippen molar-refractivity contribution in [2.75, 3.05) is 6.26 Å². The highest BCUT2D eigenvalue weighted by Gasteiger charge is 2.22. The van der Waals surface area contributed by atoms with E-state index >= 15 is 0 Å². The van der Waals surface area contributed by atoms with E-state index in [0.717, 1.165) is 11.1 Å². The molecule has 5 nitrogen and oxygen atoms in total. The molecule has 0 saturated carbocycles. The molecule has 2 atom stereocenters. The summed E-state index contributed by atoms with van der Waals surface area (Å²) >= 11 is 0. The first-order valence-corrected chi connectivity index (χ1v) is 11.0. The summed E-state index contributed by atoms with van der Waals surface area (Å²) < 4.78 is 29.0. The van der Waals surface area contributed by atoms with Gasteiger partial charge in [0.1, 0.15) is 5.75 Å². The molecule has 0 fully saturated rings. The number of aryl methyl sites for hydroxylation is 1. The quantitative estimate of drug-likeness (QED) is 0.745. The SMILES string of the molecule is CC[C@@H](Oc1ccc(C)cc1)C(=O)N[C@H](CC)c1ccc(S(C)(=O)=O)cc1. The Morgan fingerprint density at radius 2 is 1.59 bits per heavy atom. The third-order valence-electron chi connectivity index (χ3n) is 4.40. The number of benzene rings is 2. The molecule has 0 aliphatic carbocycles. The number of rotatable bonds is 8. The van der Waals surface area contributed by atoms with Gasteiger partial charge in [0.15, 0.2) is 15.9 Å². The Morgan fingerprint density at radius 3 is 2.07 bits per heavy atom. The summed E-state index contributed by atoms with van der Waals surface area (Å²) in [6.07, 6.45) is 1.82. The van der Waals surface area contributed by atoms with E-state index in [9.17, 15) is 13.2 Å². The third-order valence-corrected chi connectivity index (χ3v) is 5.53. The Balaban J connectivity index is 2.09. The minimum atomic E-state index is -3.24. The first kappa shape index (κ1) is 21.0.